The molecule has 1 saturated carbocycles. The monoisotopic (exact) mass is 345 g/mol. The number of anilines is 1. The fraction of sp³-hybridized carbons (Fsp3) is 0.333. The molecule has 0 amide bonds. The van der Waals surface area contributed by atoms with Crippen LogP contribution in [0.5, 0.6) is 0 Å². The number of sulfonamides is 1. The summed E-state index contributed by atoms with van der Waals surface area (Å²) in [6, 6.07) is 15.1. The Morgan fingerprint density at radius 1 is 1.04 bits per heavy atom. The maximum absolute atomic E-state index is 13.3. The van der Waals surface area contributed by atoms with Gasteiger partial charge in [0.1, 0.15) is 0 Å². The van der Waals surface area contributed by atoms with Crippen molar-refractivity contribution in [1.29, 1.82) is 0 Å². The van der Waals surface area contributed by atoms with Gasteiger partial charge in [-0.3, -0.25) is 4.31 Å². The van der Waals surface area contributed by atoms with Crippen LogP contribution in [0.2, 0.25) is 0 Å². The molecule has 1 aliphatic heterocycles. The number of nitrogens with zero attached hydrogens (tertiary/aromatic N) is 1. The van der Waals surface area contributed by atoms with E-state index in [0.29, 0.717) is 10.1 Å². The van der Waals surface area contributed by atoms with Crippen molar-refractivity contribution in [3.05, 3.63) is 54.1 Å². The van der Waals surface area contributed by atoms with Crippen LogP contribution in [0.25, 0.3) is 0 Å². The van der Waals surface area contributed by atoms with Crippen LogP contribution in [0.4, 0.5) is 5.69 Å². The van der Waals surface area contributed by atoms with Gasteiger partial charge >= 0.3 is 0 Å². The highest BCUT2D eigenvalue weighted by Gasteiger charge is 2.43. The molecular formula is C18H19NO2S2. The first kappa shape index (κ1) is 15.1. The summed E-state index contributed by atoms with van der Waals surface area (Å²) in [5.41, 5.74) is 1.90. The minimum Gasteiger partial charge on any atom is -0.261 e. The Morgan fingerprint density at radius 2 is 1.78 bits per heavy atom. The summed E-state index contributed by atoms with van der Waals surface area (Å²) in [6.07, 6.45) is 3.12. The summed E-state index contributed by atoms with van der Waals surface area (Å²) in [5, 5.41) is 0.366. The zero-order valence-electron chi connectivity index (χ0n) is 13.0. The number of rotatable bonds is 2. The van der Waals surface area contributed by atoms with Gasteiger partial charge < -0.3 is 0 Å². The summed E-state index contributed by atoms with van der Waals surface area (Å²) < 4.78 is 28.3. The van der Waals surface area contributed by atoms with E-state index >= 15 is 0 Å². The molecule has 1 heterocycles. The lowest BCUT2D eigenvalue weighted by molar-refractivity contribution is 0.574. The Morgan fingerprint density at radius 3 is 2.57 bits per heavy atom. The SMILES string of the molecule is Cc1ccc(S(=O)(=O)N2c3ccccc3S[C@@H]3CCC[C@H]32)cc1. The van der Waals surface area contributed by atoms with Crippen molar-refractivity contribution in [2.24, 2.45) is 0 Å². The molecule has 2 aromatic rings. The van der Waals surface area contributed by atoms with Crippen molar-refractivity contribution in [3.63, 3.8) is 0 Å². The number of thioether (sulfide) groups is 1. The summed E-state index contributed by atoms with van der Waals surface area (Å²) in [6.45, 7) is 1.97. The number of aryl methyl sites for hydroxylation is 1. The van der Waals surface area contributed by atoms with Crippen LogP contribution in [0, 0.1) is 6.92 Å². The largest absolute Gasteiger partial charge is 0.264 e. The zero-order valence-corrected chi connectivity index (χ0v) is 14.6. The van der Waals surface area contributed by atoms with Crippen molar-refractivity contribution in [2.75, 3.05) is 4.31 Å². The van der Waals surface area contributed by atoms with Gasteiger partial charge in [-0.1, -0.05) is 36.2 Å². The van der Waals surface area contributed by atoms with Crippen molar-refractivity contribution in [2.45, 2.75) is 47.3 Å². The van der Waals surface area contributed by atoms with Crippen LogP contribution in [0.3, 0.4) is 0 Å². The predicted octanol–water partition coefficient (Wildman–Crippen LogP) is 4.22. The fourth-order valence-electron chi connectivity index (χ4n) is 3.52. The number of hydrogen-bond donors (Lipinski definition) is 0. The van der Waals surface area contributed by atoms with Gasteiger partial charge in [0.25, 0.3) is 10.0 Å². The van der Waals surface area contributed by atoms with E-state index in [0.717, 1.165) is 35.4 Å². The van der Waals surface area contributed by atoms with Crippen LogP contribution in [0.1, 0.15) is 24.8 Å². The Labute approximate surface area is 141 Å². The molecule has 23 heavy (non-hydrogen) atoms. The lowest BCUT2D eigenvalue weighted by Crippen LogP contribution is -2.46. The molecular weight excluding hydrogens is 326 g/mol. The lowest BCUT2D eigenvalue weighted by atomic mass is 10.2. The fourth-order valence-corrected chi connectivity index (χ4v) is 6.86. The number of fused-ring (bicyclic) bond motifs is 2. The second-order valence-electron chi connectivity index (χ2n) is 6.24. The molecule has 2 atom stereocenters. The summed E-state index contributed by atoms with van der Waals surface area (Å²) in [7, 11) is -3.53. The van der Waals surface area contributed by atoms with Crippen molar-refractivity contribution >= 4 is 27.5 Å². The van der Waals surface area contributed by atoms with E-state index in [9.17, 15) is 8.42 Å². The number of para-hydroxylation sites is 1. The van der Waals surface area contributed by atoms with Crippen LogP contribution in [0.15, 0.2) is 58.3 Å². The molecule has 0 unspecified atom stereocenters. The Kier molecular flexibility index (Phi) is 3.65. The minimum atomic E-state index is -3.53. The normalized spacial score (nSPS) is 23.4. The highest BCUT2D eigenvalue weighted by molar-refractivity contribution is 8.00. The third kappa shape index (κ3) is 2.46. The van der Waals surface area contributed by atoms with E-state index in [4.69, 9.17) is 0 Å². The van der Waals surface area contributed by atoms with E-state index in [-0.39, 0.29) is 6.04 Å². The van der Waals surface area contributed by atoms with Gasteiger partial charge in [0, 0.05) is 10.1 Å². The first-order valence-corrected chi connectivity index (χ1v) is 10.3. The van der Waals surface area contributed by atoms with Crippen molar-refractivity contribution < 1.29 is 8.42 Å². The van der Waals surface area contributed by atoms with Gasteiger partial charge in [0.05, 0.1) is 16.6 Å². The second kappa shape index (κ2) is 5.56. The topological polar surface area (TPSA) is 37.4 Å². The highest BCUT2D eigenvalue weighted by atomic mass is 32.2. The standard InChI is InChI=1S/C18H19NO2S2/c1-13-9-11-14(12-10-13)23(20,21)19-15-5-2-3-7-17(15)22-18-8-4-6-16(18)19/h2-3,5,7,9-12,16,18H,4,6,8H2,1H3/t16-,18-/m1/s1. The third-order valence-electron chi connectivity index (χ3n) is 4.68. The van der Waals surface area contributed by atoms with Crippen LogP contribution >= 0.6 is 11.8 Å². The molecule has 0 N–H and O–H groups in total. The molecule has 120 valence electrons. The smallest absolute Gasteiger partial charge is 0.261 e. The summed E-state index contributed by atoms with van der Waals surface area (Å²) in [5.74, 6) is 0. The predicted molar refractivity (Wildman–Crippen MR) is 94.6 cm³/mol. The van der Waals surface area contributed by atoms with E-state index in [1.54, 1.807) is 16.4 Å². The Hall–Kier alpha value is -1.46. The first-order chi connectivity index (χ1) is 11.1. The van der Waals surface area contributed by atoms with E-state index in [1.807, 2.05) is 55.1 Å². The quantitative estimate of drug-likeness (QED) is 0.818. The van der Waals surface area contributed by atoms with Gasteiger partial charge in [-0.2, -0.15) is 0 Å². The number of benzene rings is 2. The molecule has 0 bridgehead atoms. The molecule has 0 saturated heterocycles. The molecule has 5 heteroatoms. The molecule has 2 aromatic carbocycles. The van der Waals surface area contributed by atoms with Crippen LogP contribution < -0.4 is 4.31 Å². The van der Waals surface area contributed by atoms with Gasteiger partial charge in [-0.05, 0) is 44.0 Å². The van der Waals surface area contributed by atoms with Gasteiger partial charge in [0.2, 0.25) is 0 Å². The molecule has 1 fully saturated rings. The maximum Gasteiger partial charge on any atom is 0.264 e. The van der Waals surface area contributed by atoms with E-state index in [2.05, 4.69) is 0 Å². The molecule has 2 aliphatic rings. The van der Waals surface area contributed by atoms with Gasteiger partial charge in [0.15, 0.2) is 0 Å². The van der Waals surface area contributed by atoms with Crippen molar-refractivity contribution in [1.82, 2.24) is 0 Å². The summed E-state index contributed by atoms with van der Waals surface area (Å²) >= 11 is 1.84. The van der Waals surface area contributed by atoms with E-state index < -0.39 is 10.0 Å². The molecule has 0 spiro atoms. The number of hydrogen-bond acceptors (Lipinski definition) is 3. The first-order valence-electron chi connectivity index (χ1n) is 7.94. The second-order valence-corrected chi connectivity index (χ2v) is 9.33. The van der Waals surface area contributed by atoms with Crippen LogP contribution in [-0.4, -0.2) is 19.7 Å². The van der Waals surface area contributed by atoms with E-state index in [1.165, 1.54) is 0 Å². The average Bonchev–Trinajstić information content (AvgIpc) is 3.00. The van der Waals surface area contributed by atoms with Gasteiger partial charge in [-0.15, -0.1) is 11.8 Å². The van der Waals surface area contributed by atoms with Crippen LogP contribution in [-0.2, 0) is 10.0 Å². The molecule has 3 nitrogen and oxygen atoms in total. The van der Waals surface area contributed by atoms with Crippen molar-refractivity contribution in [3.8, 4) is 0 Å². The Bertz CT molecular complexity index is 830. The third-order valence-corrected chi connectivity index (χ3v) is 7.98. The zero-order chi connectivity index (χ0) is 16.0. The van der Waals surface area contributed by atoms with Gasteiger partial charge in [-0.25, -0.2) is 8.42 Å². The lowest BCUT2D eigenvalue weighted by Gasteiger charge is -2.39. The molecule has 0 aromatic heterocycles. The minimum absolute atomic E-state index is 0.0706. The highest BCUT2D eigenvalue weighted by Crippen LogP contribution is 2.49. The summed E-state index contributed by atoms with van der Waals surface area (Å²) in [4.78, 5) is 1.46. The molecule has 0 radical (unpaired) electrons. The average molecular weight is 345 g/mol. The maximum atomic E-state index is 13.3. The molecule has 4 rings (SSSR count). The molecule has 1 aliphatic carbocycles. The Balaban J connectivity index is 1.86.